The van der Waals surface area contributed by atoms with Gasteiger partial charge in [-0.25, -0.2) is 0 Å². The molecule has 3 rings (SSSR count). The molecule has 2 heterocycles. The van der Waals surface area contributed by atoms with E-state index in [0.717, 1.165) is 47.7 Å². The Hall–Kier alpha value is -2.20. The lowest BCUT2D eigenvalue weighted by atomic mass is 9.95. The van der Waals surface area contributed by atoms with Crippen LogP contribution in [0, 0.1) is 13.8 Å². The van der Waals surface area contributed by atoms with Crippen molar-refractivity contribution in [3.63, 3.8) is 0 Å². The number of amides is 1. The first kappa shape index (κ1) is 13.8. The molecule has 1 aromatic heterocycles. The SMILES string of the molecule is Cc1ccc(NC(=O)c2cccc3c2CCNC3)c(C)n1. The molecule has 0 atom stereocenters. The first-order valence-electron chi connectivity index (χ1n) is 7.22. The Balaban J connectivity index is 1.89. The number of nitrogens with one attached hydrogen (secondary N) is 2. The van der Waals surface area contributed by atoms with E-state index >= 15 is 0 Å². The van der Waals surface area contributed by atoms with Gasteiger partial charge in [0, 0.05) is 17.8 Å². The van der Waals surface area contributed by atoms with Gasteiger partial charge < -0.3 is 10.6 Å². The molecule has 2 N–H and O–H groups in total. The summed E-state index contributed by atoms with van der Waals surface area (Å²) in [6.07, 6.45) is 0.893. The summed E-state index contributed by atoms with van der Waals surface area (Å²) in [5.74, 6) is -0.0532. The zero-order chi connectivity index (χ0) is 14.8. The van der Waals surface area contributed by atoms with E-state index in [1.807, 2.05) is 38.1 Å². The molecule has 0 unspecified atom stereocenters. The van der Waals surface area contributed by atoms with Crippen molar-refractivity contribution in [1.29, 1.82) is 0 Å². The van der Waals surface area contributed by atoms with E-state index in [1.165, 1.54) is 5.56 Å². The van der Waals surface area contributed by atoms with E-state index in [4.69, 9.17) is 0 Å². The van der Waals surface area contributed by atoms with Gasteiger partial charge in [-0.05, 0) is 56.1 Å². The maximum atomic E-state index is 12.6. The third-order valence-corrected chi connectivity index (χ3v) is 3.86. The molecule has 108 valence electrons. The Bertz CT molecular complexity index is 694. The van der Waals surface area contributed by atoms with Crippen LogP contribution in [-0.2, 0) is 13.0 Å². The van der Waals surface area contributed by atoms with Gasteiger partial charge in [0.25, 0.3) is 5.91 Å². The molecule has 1 aromatic carbocycles. The Kier molecular flexibility index (Phi) is 3.71. The molecule has 1 amide bonds. The predicted octanol–water partition coefficient (Wildman–Crippen LogP) is 2.60. The topological polar surface area (TPSA) is 54.0 Å². The highest BCUT2D eigenvalue weighted by molar-refractivity contribution is 6.05. The lowest BCUT2D eigenvalue weighted by molar-refractivity contribution is 0.102. The second-order valence-corrected chi connectivity index (χ2v) is 5.41. The van der Waals surface area contributed by atoms with Gasteiger partial charge in [-0.15, -0.1) is 0 Å². The summed E-state index contributed by atoms with van der Waals surface area (Å²) in [4.78, 5) is 16.9. The lowest BCUT2D eigenvalue weighted by Gasteiger charge is -2.20. The summed E-state index contributed by atoms with van der Waals surface area (Å²) in [5, 5.41) is 6.31. The fourth-order valence-corrected chi connectivity index (χ4v) is 2.75. The quantitative estimate of drug-likeness (QED) is 0.889. The van der Waals surface area contributed by atoms with Crippen molar-refractivity contribution >= 4 is 11.6 Å². The van der Waals surface area contributed by atoms with Gasteiger partial charge in [0.2, 0.25) is 0 Å². The van der Waals surface area contributed by atoms with Crippen molar-refractivity contribution in [3.05, 3.63) is 58.4 Å². The number of anilines is 1. The van der Waals surface area contributed by atoms with Crippen LogP contribution in [0.4, 0.5) is 5.69 Å². The summed E-state index contributed by atoms with van der Waals surface area (Å²) in [6, 6.07) is 9.74. The number of hydrogen-bond donors (Lipinski definition) is 2. The number of pyridine rings is 1. The minimum atomic E-state index is -0.0532. The van der Waals surface area contributed by atoms with Gasteiger partial charge in [0.1, 0.15) is 0 Å². The summed E-state index contributed by atoms with van der Waals surface area (Å²) in [6.45, 7) is 5.61. The normalized spacial score (nSPS) is 13.6. The molecule has 4 heteroatoms. The second kappa shape index (κ2) is 5.66. The molecule has 1 aliphatic rings. The third-order valence-electron chi connectivity index (χ3n) is 3.86. The number of fused-ring (bicyclic) bond motifs is 1. The van der Waals surface area contributed by atoms with Crippen LogP contribution in [0.1, 0.15) is 32.9 Å². The molecule has 21 heavy (non-hydrogen) atoms. The fraction of sp³-hybridized carbons (Fsp3) is 0.294. The molecule has 0 spiro atoms. The van der Waals surface area contributed by atoms with E-state index in [9.17, 15) is 4.79 Å². The van der Waals surface area contributed by atoms with Gasteiger partial charge >= 0.3 is 0 Å². The number of hydrogen-bond acceptors (Lipinski definition) is 3. The van der Waals surface area contributed by atoms with Crippen LogP contribution in [0.15, 0.2) is 30.3 Å². The number of nitrogens with zero attached hydrogens (tertiary/aromatic N) is 1. The molecule has 0 aliphatic carbocycles. The van der Waals surface area contributed by atoms with Crippen molar-refractivity contribution in [2.24, 2.45) is 0 Å². The minimum Gasteiger partial charge on any atom is -0.320 e. The summed E-state index contributed by atoms with van der Waals surface area (Å²) in [5.41, 5.74) is 5.72. The van der Waals surface area contributed by atoms with Crippen LogP contribution in [0.5, 0.6) is 0 Å². The zero-order valence-electron chi connectivity index (χ0n) is 12.4. The standard InChI is InChI=1S/C17H19N3O/c1-11-6-7-16(12(2)19-11)20-17(21)15-5-3-4-13-10-18-9-8-14(13)15/h3-7,18H,8-10H2,1-2H3,(H,20,21). The van der Waals surface area contributed by atoms with Gasteiger partial charge in [-0.1, -0.05) is 12.1 Å². The average molecular weight is 281 g/mol. The highest BCUT2D eigenvalue weighted by atomic mass is 16.1. The summed E-state index contributed by atoms with van der Waals surface area (Å²) in [7, 11) is 0. The van der Waals surface area contributed by atoms with Crippen molar-refractivity contribution in [1.82, 2.24) is 10.3 Å². The molecule has 0 bridgehead atoms. The van der Waals surface area contributed by atoms with Crippen LogP contribution >= 0.6 is 0 Å². The Morgan fingerprint density at radius 3 is 2.90 bits per heavy atom. The Labute approximate surface area is 124 Å². The van der Waals surface area contributed by atoms with E-state index in [2.05, 4.69) is 21.7 Å². The number of rotatable bonds is 2. The van der Waals surface area contributed by atoms with Crippen molar-refractivity contribution in [2.45, 2.75) is 26.8 Å². The molecule has 1 aliphatic heterocycles. The monoisotopic (exact) mass is 281 g/mol. The summed E-state index contributed by atoms with van der Waals surface area (Å²) < 4.78 is 0. The summed E-state index contributed by atoms with van der Waals surface area (Å²) >= 11 is 0. The molecule has 0 saturated heterocycles. The van der Waals surface area contributed by atoms with E-state index in [1.54, 1.807) is 0 Å². The molecule has 4 nitrogen and oxygen atoms in total. The van der Waals surface area contributed by atoms with E-state index < -0.39 is 0 Å². The molecular weight excluding hydrogens is 262 g/mol. The largest absolute Gasteiger partial charge is 0.320 e. The number of aryl methyl sites for hydroxylation is 2. The fourth-order valence-electron chi connectivity index (χ4n) is 2.75. The number of carbonyl (C=O) groups excluding carboxylic acids is 1. The first-order valence-corrected chi connectivity index (χ1v) is 7.22. The van der Waals surface area contributed by atoms with E-state index in [-0.39, 0.29) is 5.91 Å². The third kappa shape index (κ3) is 2.81. The maximum Gasteiger partial charge on any atom is 0.256 e. The van der Waals surface area contributed by atoms with Crippen LogP contribution < -0.4 is 10.6 Å². The second-order valence-electron chi connectivity index (χ2n) is 5.41. The van der Waals surface area contributed by atoms with Crippen LogP contribution in [-0.4, -0.2) is 17.4 Å². The van der Waals surface area contributed by atoms with Crippen LogP contribution in [0.2, 0.25) is 0 Å². The molecule has 0 fully saturated rings. The maximum absolute atomic E-state index is 12.6. The number of benzene rings is 1. The van der Waals surface area contributed by atoms with Crippen molar-refractivity contribution < 1.29 is 4.79 Å². The highest BCUT2D eigenvalue weighted by Gasteiger charge is 2.17. The predicted molar refractivity (Wildman–Crippen MR) is 83.5 cm³/mol. The Morgan fingerprint density at radius 2 is 2.10 bits per heavy atom. The lowest BCUT2D eigenvalue weighted by Crippen LogP contribution is -2.26. The van der Waals surface area contributed by atoms with E-state index in [0.29, 0.717) is 0 Å². The first-order chi connectivity index (χ1) is 10.1. The molecule has 2 aromatic rings. The van der Waals surface area contributed by atoms with Gasteiger partial charge in [0.05, 0.1) is 11.4 Å². The minimum absolute atomic E-state index is 0.0532. The average Bonchev–Trinajstić information content (AvgIpc) is 2.49. The highest BCUT2D eigenvalue weighted by Crippen LogP contribution is 2.21. The van der Waals surface area contributed by atoms with Crippen LogP contribution in [0.25, 0.3) is 0 Å². The molecular formula is C17H19N3O. The molecule has 0 radical (unpaired) electrons. The van der Waals surface area contributed by atoms with Crippen LogP contribution in [0.3, 0.4) is 0 Å². The smallest absolute Gasteiger partial charge is 0.256 e. The zero-order valence-corrected chi connectivity index (χ0v) is 12.4. The van der Waals surface area contributed by atoms with Crippen molar-refractivity contribution in [3.8, 4) is 0 Å². The van der Waals surface area contributed by atoms with Gasteiger partial charge in [-0.3, -0.25) is 9.78 Å². The number of aromatic nitrogens is 1. The number of carbonyl (C=O) groups is 1. The van der Waals surface area contributed by atoms with Crippen molar-refractivity contribution in [2.75, 3.05) is 11.9 Å². The Morgan fingerprint density at radius 1 is 1.24 bits per heavy atom. The van der Waals surface area contributed by atoms with Gasteiger partial charge in [-0.2, -0.15) is 0 Å². The molecule has 0 saturated carbocycles. The van der Waals surface area contributed by atoms with Gasteiger partial charge in [0.15, 0.2) is 0 Å².